The maximum Gasteiger partial charge on any atom is 0.401 e. The van der Waals surface area contributed by atoms with Crippen LogP contribution in [0.15, 0.2) is 0 Å². The summed E-state index contributed by atoms with van der Waals surface area (Å²) in [6.07, 6.45) is 0.352. The Morgan fingerprint density at radius 1 is 1.69 bits per heavy atom. The van der Waals surface area contributed by atoms with Crippen LogP contribution in [-0.4, -0.2) is 36.2 Å². The summed E-state index contributed by atoms with van der Waals surface area (Å²) in [6, 6.07) is 0. The van der Waals surface area contributed by atoms with Crippen molar-refractivity contribution in [2.45, 2.75) is 6.92 Å². The Bertz CT molecular complexity index is 354. The molecule has 0 bridgehead atoms. The molecule has 0 saturated heterocycles. The molecule has 1 heterocycles. The third-order valence-electron chi connectivity index (χ3n) is 1.40. The summed E-state index contributed by atoms with van der Waals surface area (Å²) in [7, 11) is 1.68. The number of ether oxygens (including phenoxy) is 1. The number of carbonyl (C=O) groups excluding carboxylic acids is 2. The molecule has 1 rings (SSSR count). The van der Waals surface area contributed by atoms with Gasteiger partial charge in [-0.2, -0.15) is 5.10 Å². The average molecular weight is 253 g/mol. The SMILES string of the molecule is CCOC.O=Cc1[nH]nc(C(=O)OF)c1Cl. The largest absolute Gasteiger partial charge is 0.401 e. The van der Waals surface area contributed by atoms with E-state index in [0.717, 1.165) is 6.61 Å². The van der Waals surface area contributed by atoms with Gasteiger partial charge in [-0.3, -0.25) is 9.89 Å². The zero-order valence-electron chi connectivity index (χ0n) is 8.62. The summed E-state index contributed by atoms with van der Waals surface area (Å²) in [5.41, 5.74) is -0.557. The first-order valence-electron chi connectivity index (χ1n) is 4.13. The van der Waals surface area contributed by atoms with Crippen LogP contribution in [0.3, 0.4) is 0 Å². The molecule has 8 heteroatoms. The molecule has 0 aliphatic heterocycles. The maximum atomic E-state index is 11.3. The van der Waals surface area contributed by atoms with Gasteiger partial charge in [-0.05, 0) is 6.92 Å². The first kappa shape index (κ1) is 14.5. The number of H-pyrrole nitrogens is 1. The van der Waals surface area contributed by atoms with Crippen LogP contribution in [0.4, 0.5) is 4.53 Å². The van der Waals surface area contributed by atoms with Crippen molar-refractivity contribution in [3.8, 4) is 0 Å². The minimum absolute atomic E-state index is 0.0999. The first-order chi connectivity index (χ1) is 7.62. The third-order valence-corrected chi connectivity index (χ3v) is 1.79. The molecule has 0 amide bonds. The average Bonchev–Trinajstić information content (AvgIpc) is 2.69. The van der Waals surface area contributed by atoms with E-state index in [0.29, 0.717) is 6.29 Å². The standard InChI is InChI=1S/C5H2ClFN2O3.C3H8O/c6-3-2(1-10)8-9-4(3)5(11)12-7;1-3-4-2/h1H,(H,8,9);3H2,1-2H3. The maximum absolute atomic E-state index is 11.3. The molecule has 16 heavy (non-hydrogen) atoms. The summed E-state index contributed by atoms with van der Waals surface area (Å²) in [6.45, 7) is 2.78. The van der Waals surface area contributed by atoms with Crippen LogP contribution in [0.1, 0.15) is 27.9 Å². The van der Waals surface area contributed by atoms with E-state index < -0.39 is 11.7 Å². The zero-order chi connectivity index (χ0) is 12.6. The van der Waals surface area contributed by atoms with Crippen LogP contribution >= 0.6 is 11.6 Å². The molecule has 0 radical (unpaired) electrons. The first-order valence-corrected chi connectivity index (χ1v) is 4.51. The van der Waals surface area contributed by atoms with E-state index in [1.807, 2.05) is 6.92 Å². The van der Waals surface area contributed by atoms with Gasteiger partial charge in [0.25, 0.3) is 0 Å². The van der Waals surface area contributed by atoms with Gasteiger partial charge >= 0.3 is 5.97 Å². The highest BCUT2D eigenvalue weighted by Gasteiger charge is 2.19. The molecule has 0 spiro atoms. The highest BCUT2D eigenvalue weighted by atomic mass is 35.5. The second-order valence-corrected chi connectivity index (χ2v) is 2.74. The van der Waals surface area contributed by atoms with Crippen molar-refractivity contribution < 1.29 is 23.8 Å². The number of methoxy groups -OCH3 is 1. The number of nitrogens with zero attached hydrogens (tertiary/aromatic N) is 1. The van der Waals surface area contributed by atoms with E-state index in [1.165, 1.54) is 0 Å². The predicted octanol–water partition coefficient (Wildman–Crippen LogP) is 1.57. The smallest absolute Gasteiger partial charge is 0.385 e. The lowest BCUT2D eigenvalue weighted by Gasteiger charge is -1.87. The fourth-order valence-corrected chi connectivity index (χ4v) is 0.798. The number of aldehydes is 1. The Morgan fingerprint density at radius 2 is 2.25 bits per heavy atom. The molecule has 0 aliphatic rings. The van der Waals surface area contributed by atoms with Crippen molar-refractivity contribution in [2.24, 2.45) is 0 Å². The summed E-state index contributed by atoms with van der Waals surface area (Å²) in [4.78, 5) is 23.5. The Kier molecular flexibility index (Phi) is 7.06. The molecule has 90 valence electrons. The topological polar surface area (TPSA) is 81.3 Å². The van der Waals surface area contributed by atoms with Crippen LogP contribution in [0.2, 0.25) is 5.02 Å². The van der Waals surface area contributed by atoms with Gasteiger partial charge in [0.15, 0.2) is 12.0 Å². The minimum Gasteiger partial charge on any atom is -0.385 e. The molecule has 0 aliphatic carbocycles. The number of aromatic amines is 1. The van der Waals surface area contributed by atoms with Crippen LogP contribution in [0.5, 0.6) is 0 Å². The molecule has 1 aromatic rings. The quantitative estimate of drug-likeness (QED) is 0.826. The number of halogens is 2. The molecule has 6 nitrogen and oxygen atoms in total. The normalized spacial score (nSPS) is 9.00. The summed E-state index contributed by atoms with van der Waals surface area (Å²) < 4.78 is 15.9. The second-order valence-electron chi connectivity index (χ2n) is 2.36. The molecule has 1 aromatic heterocycles. The lowest BCUT2D eigenvalue weighted by Crippen LogP contribution is -1.99. The number of nitrogens with one attached hydrogen (secondary N) is 1. The fraction of sp³-hybridized carbons (Fsp3) is 0.375. The number of aromatic nitrogens is 2. The Morgan fingerprint density at radius 3 is 2.56 bits per heavy atom. The van der Waals surface area contributed by atoms with Gasteiger partial charge < -0.3 is 4.74 Å². The number of rotatable bonds is 3. The number of hydrogen-bond donors (Lipinski definition) is 1. The van der Waals surface area contributed by atoms with Crippen molar-refractivity contribution in [2.75, 3.05) is 13.7 Å². The number of hydrogen-bond acceptors (Lipinski definition) is 5. The van der Waals surface area contributed by atoms with E-state index in [9.17, 15) is 14.1 Å². The highest BCUT2D eigenvalue weighted by Crippen LogP contribution is 2.17. The lowest BCUT2D eigenvalue weighted by atomic mass is 10.4. The van der Waals surface area contributed by atoms with Crippen LogP contribution < -0.4 is 0 Å². The molecular formula is C8H10ClFN2O4. The monoisotopic (exact) mass is 252 g/mol. The van der Waals surface area contributed by atoms with E-state index in [4.69, 9.17) is 11.6 Å². The summed E-state index contributed by atoms with van der Waals surface area (Å²) in [5, 5.41) is 5.12. The van der Waals surface area contributed by atoms with Crippen LogP contribution in [-0.2, 0) is 9.68 Å². The van der Waals surface area contributed by atoms with Gasteiger partial charge in [0.05, 0.1) is 0 Å². The van der Waals surface area contributed by atoms with E-state index >= 15 is 0 Å². The fourth-order valence-electron chi connectivity index (χ4n) is 0.592. The Labute approximate surface area is 95.6 Å². The van der Waals surface area contributed by atoms with Crippen molar-refractivity contribution in [3.63, 3.8) is 0 Å². The third kappa shape index (κ3) is 3.95. The summed E-state index contributed by atoms with van der Waals surface area (Å²) in [5.74, 6) is -1.34. The van der Waals surface area contributed by atoms with Crippen LogP contribution in [0.25, 0.3) is 0 Å². The lowest BCUT2D eigenvalue weighted by molar-refractivity contribution is -0.0793. The van der Waals surface area contributed by atoms with Gasteiger partial charge in [-0.1, -0.05) is 11.6 Å². The van der Waals surface area contributed by atoms with Crippen molar-refractivity contribution in [1.29, 1.82) is 0 Å². The van der Waals surface area contributed by atoms with E-state index in [2.05, 4.69) is 19.9 Å². The van der Waals surface area contributed by atoms with Crippen molar-refractivity contribution >= 4 is 23.9 Å². The van der Waals surface area contributed by atoms with Gasteiger partial charge in [-0.25, -0.2) is 9.74 Å². The zero-order valence-corrected chi connectivity index (χ0v) is 9.38. The van der Waals surface area contributed by atoms with Gasteiger partial charge in [0.2, 0.25) is 0 Å². The molecule has 0 fully saturated rings. The van der Waals surface area contributed by atoms with Crippen LogP contribution in [0, 0.1) is 0 Å². The Hall–Kier alpha value is -1.47. The number of carbonyl (C=O) groups is 2. The molecule has 0 aromatic carbocycles. The van der Waals surface area contributed by atoms with E-state index in [1.54, 1.807) is 7.11 Å². The molecular weight excluding hydrogens is 243 g/mol. The van der Waals surface area contributed by atoms with E-state index in [-0.39, 0.29) is 10.7 Å². The predicted molar refractivity (Wildman–Crippen MR) is 53.1 cm³/mol. The molecule has 0 saturated carbocycles. The van der Waals surface area contributed by atoms with Gasteiger partial charge in [0.1, 0.15) is 10.7 Å². The van der Waals surface area contributed by atoms with Gasteiger partial charge in [-0.15, -0.1) is 0 Å². The van der Waals surface area contributed by atoms with Crippen molar-refractivity contribution in [3.05, 3.63) is 16.4 Å². The second kappa shape index (κ2) is 7.77. The highest BCUT2D eigenvalue weighted by molar-refractivity contribution is 6.35. The van der Waals surface area contributed by atoms with Gasteiger partial charge in [0, 0.05) is 18.2 Å². The molecule has 1 N–H and O–H groups in total. The molecule has 0 unspecified atom stereocenters. The molecule has 0 atom stereocenters. The van der Waals surface area contributed by atoms with Crippen molar-refractivity contribution in [1.82, 2.24) is 10.2 Å². The summed E-state index contributed by atoms with van der Waals surface area (Å²) >= 11 is 5.41. The Balaban J connectivity index is 0.000000487. The minimum atomic E-state index is -1.34.